The number of anilines is 1. The number of aromatic nitrogens is 3. The van der Waals surface area contributed by atoms with Gasteiger partial charge in [0.05, 0.1) is 10.2 Å². The smallest absolute Gasteiger partial charge is 0.383 e. The summed E-state index contributed by atoms with van der Waals surface area (Å²) in [5.74, 6) is -0.907. The van der Waals surface area contributed by atoms with Gasteiger partial charge in [0.25, 0.3) is 5.88 Å². The van der Waals surface area contributed by atoms with Crippen LogP contribution in [0.4, 0.5) is 19.0 Å². The number of nitrogens with zero attached hydrogens (tertiary/aromatic N) is 3. The van der Waals surface area contributed by atoms with Gasteiger partial charge in [0, 0.05) is 6.07 Å². The van der Waals surface area contributed by atoms with E-state index in [1.807, 2.05) is 13.8 Å². The predicted molar refractivity (Wildman–Crippen MR) is 88.1 cm³/mol. The summed E-state index contributed by atoms with van der Waals surface area (Å²) in [6.07, 6.45) is 0. The molecule has 0 aliphatic carbocycles. The molecule has 0 unspecified atom stereocenters. The maximum atomic E-state index is 12.3. The molecule has 2 heterocycles. The van der Waals surface area contributed by atoms with Gasteiger partial charge in [0.2, 0.25) is 5.13 Å². The van der Waals surface area contributed by atoms with Crippen LogP contribution in [0.15, 0.2) is 30.3 Å². The summed E-state index contributed by atoms with van der Waals surface area (Å²) in [7, 11) is -5.81. The molecule has 0 saturated carbocycles. The van der Waals surface area contributed by atoms with Gasteiger partial charge in [0.1, 0.15) is 5.82 Å². The maximum absolute atomic E-state index is 12.3. The first kappa shape index (κ1) is 19.0. The summed E-state index contributed by atoms with van der Waals surface area (Å²) in [6, 6.07) is 7.96. The molecule has 0 saturated heterocycles. The third kappa shape index (κ3) is 3.85. The average Bonchev–Trinajstić information content (AvgIpc) is 3.10. The molecule has 3 aromatic rings. The molecule has 2 N–H and O–H groups in total. The predicted octanol–water partition coefficient (Wildman–Crippen LogP) is 3.32. The number of rotatable bonds is 3. The van der Waals surface area contributed by atoms with Crippen molar-refractivity contribution in [1.82, 2.24) is 14.8 Å². The SMILES string of the molecule is CC.Nc1cc(OS(=O)(=O)C(F)(F)F)nn1-c1nc2ccccc2s1. The van der Waals surface area contributed by atoms with Crippen LogP contribution in [0.5, 0.6) is 5.88 Å². The van der Waals surface area contributed by atoms with Crippen molar-refractivity contribution in [2.24, 2.45) is 0 Å². The van der Waals surface area contributed by atoms with E-state index in [0.29, 0.717) is 5.52 Å². The Morgan fingerprint density at radius 1 is 1.24 bits per heavy atom. The van der Waals surface area contributed by atoms with Crippen molar-refractivity contribution in [2.75, 3.05) is 5.73 Å². The molecule has 1 aromatic carbocycles. The number of hydrogen-bond donors (Lipinski definition) is 1. The van der Waals surface area contributed by atoms with Crippen LogP contribution < -0.4 is 9.92 Å². The zero-order valence-corrected chi connectivity index (χ0v) is 14.6. The van der Waals surface area contributed by atoms with Gasteiger partial charge >= 0.3 is 15.6 Å². The zero-order valence-electron chi connectivity index (χ0n) is 13.0. The average molecular weight is 394 g/mol. The number of hydrogen-bond acceptors (Lipinski definition) is 7. The number of halogens is 3. The highest BCUT2D eigenvalue weighted by atomic mass is 32.2. The van der Waals surface area contributed by atoms with E-state index in [2.05, 4.69) is 14.3 Å². The number of fused-ring (bicyclic) bond motifs is 1. The normalized spacial score (nSPS) is 11.9. The minimum Gasteiger partial charge on any atom is -0.383 e. The van der Waals surface area contributed by atoms with Gasteiger partial charge in [-0.15, -0.1) is 5.10 Å². The van der Waals surface area contributed by atoms with Crippen LogP contribution >= 0.6 is 11.3 Å². The molecule has 0 bridgehead atoms. The lowest BCUT2D eigenvalue weighted by molar-refractivity contribution is -0.0501. The van der Waals surface area contributed by atoms with E-state index in [-0.39, 0.29) is 10.9 Å². The maximum Gasteiger partial charge on any atom is 0.534 e. The van der Waals surface area contributed by atoms with Crippen molar-refractivity contribution in [1.29, 1.82) is 0 Å². The highest BCUT2D eigenvalue weighted by Gasteiger charge is 2.49. The molecule has 0 spiro atoms. The van der Waals surface area contributed by atoms with Gasteiger partial charge in [-0.05, 0) is 12.1 Å². The molecule has 0 aliphatic heterocycles. The largest absolute Gasteiger partial charge is 0.534 e. The first-order valence-electron chi connectivity index (χ1n) is 6.89. The van der Waals surface area contributed by atoms with Crippen LogP contribution in [0.25, 0.3) is 15.3 Å². The van der Waals surface area contributed by atoms with Gasteiger partial charge in [-0.3, -0.25) is 0 Å². The number of nitrogens with two attached hydrogens (primary N) is 1. The Bertz CT molecular complexity index is 947. The Morgan fingerprint density at radius 3 is 2.48 bits per heavy atom. The first-order chi connectivity index (χ1) is 11.7. The topological polar surface area (TPSA) is 100 Å². The van der Waals surface area contributed by atoms with Crippen molar-refractivity contribution >= 4 is 37.5 Å². The van der Waals surface area contributed by atoms with E-state index < -0.39 is 21.5 Å². The van der Waals surface area contributed by atoms with E-state index in [1.165, 1.54) is 11.3 Å². The Hall–Kier alpha value is -2.34. The van der Waals surface area contributed by atoms with Crippen LogP contribution in [0.3, 0.4) is 0 Å². The van der Waals surface area contributed by atoms with Crippen LogP contribution in [0, 0.1) is 0 Å². The monoisotopic (exact) mass is 394 g/mol. The second kappa shape index (κ2) is 6.88. The van der Waals surface area contributed by atoms with Gasteiger partial charge in [-0.25, -0.2) is 4.98 Å². The lowest BCUT2D eigenvalue weighted by atomic mass is 10.3. The quantitative estimate of drug-likeness (QED) is 0.540. The number of nitrogen functional groups attached to an aromatic ring is 1. The molecule has 25 heavy (non-hydrogen) atoms. The third-order valence-corrected chi connectivity index (χ3v) is 4.63. The molecular formula is C13H13F3N4O3S2. The molecular weight excluding hydrogens is 381 g/mol. The van der Waals surface area contributed by atoms with E-state index in [9.17, 15) is 21.6 Å². The number of para-hydroxylation sites is 1. The molecule has 7 nitrogen and oxygen atoms in total. The fraction of sp³-hybridized carbons (Fsp3) is 0.231. The zero-order chi connectivity index (χ0) is 18.8. The van der Waals surface area contributed by atoms with E-state index in [1.54, 1.807) is 24.3 Å². The summed E-state index contributed by atoms with van der Waals surface area (Å²) in [4.78, 5) is 4.21. The molecule has 0 radical (unpaired) electrons. The van der Waals surface area contributed by atoms with Crippen LogP contribution in [0.2, 0.25) is 0 Å². The third-order valence-electron chi connectivity index (χ3n) is 2.66. The van der Waals surface area contributed by atoms with Gasteiger partial charge in [0.15, 0.2) is 0 Å². The number of alkyl halides is 3. The van der Waals surface area contributed by atoms with E-state index >= 15 is 0 Å². The summed E-state index contributed by atoms with van der Waals surface area (Å²) < 4.78 is 64.6. The number of benzene rings is 1. The second-order valence-electron chi connectivity index (χ2n) is 4.27. The Kier molecular flexibility index (Phi) is 5.23. The van der Waals surface area contributed by atoms with Gasteiger partial charge in [-0.1, -0.05) is 37.3 Å². The lowest BCUT2D eigenvalue weighted by Gasteiger charge is -2.06. The van der Waals surface area contributed by atoms with Crippen molar-refractivity contribution in [3.8, 4) is 11.0 Å². The van der Waals surface area contributed by atoms with Crippen LogP contribution in [-0.2, 0) is 10.1 Å². The highest BCUT2D eigenvalue weighted by Crippen LogP contribution is 2.30. The number of thiazole rings is 1. The summed E-state index contributed by atoms with van der Waals surface area (Å²) in [5, 5.41) is 3.88. The molecule has 136 valence electrons. The van der Waals surface area contributed by atoms with Crippen molar-refractivity contribution in [3.63, 3.8) is 0 Å². The highest BCUT2D eigenvalue weighted by molar-refractivity contribution is 7.87. The van der Waals surface area contributed by atoms with E-state index in [0.717, 1.165) is 15.4 Å². The molecule has 3 rings (SSSR count). The molecule has 0 fully saturated rings. The summed E-state index contributed by atoms with van der Waals surface area (Å²) in [5.41, 5.74) is 0.726. The second-order valence-corrected chi connectivity index (χ2v) is 6.81. The molecule has 12 heteroatoms. The Balaban J connectivity index is 0.00000109. The van der Waals surface area contributed by atoms with Crippen LogP contribution in [-0.4, -0.2) is 28.7 Å². The fourth-order valence-electron chi connectivity index (χ4n) is 1.68. The van der Waals surface area contributed by atoms with Gasteiger partial charge < -0.3 is 9.92 Å². The van der Waals surface area contributed by atoms with Crippen LogP contribution in [0.1, 0.15) is 13.8 Å². The standard InChI is InChI=1S/C11H7F3N4O3S2.C2H6/c12-11(13,14)23(19,20)21-9-5-8(15)18(17-9)10-16-6-3-1-2-4-7(6)22-10;1-2/h1-5H,15H2;1-2H3. The summed E-state index contributed by atoms with van der Waals surface area (Å²) in [6.45, 7) is 4.00. The van der Waals surface area contributed by atoms with Crippen molar-refractivity contribution in [3.05, 3.63) is 30.3 Å². The van der Waals surface area contributed by atoms with E-state index in [4.69, 9.17) is 5.73 Å². The Morgan fingerprint density at radius 2 is 1.88 bits per heavy atom. The van der Waals surface area contributed by atoms with Gasteiger partial charge in [-0.2, -0.15) is 26.3 Å². The lowest BCUT2D eigenvalue weighted by Crippen LogP contribution is -2.28. The molecule has 0 amide bonds. The fourth-order valence-corrected chi connectivity index (χ4v) is 3.02. The van der Waals surface area contributed by atoms with Crippen molar-refractivity contribution < 1.29 is 25.8 Å². The minimum absolute atomic E-state index is 0.114. The van der Waals surface area contributed by atoms with Crippen molar-refractivity contribution in [2.45, 2.75) is 19.4 Å². The minimum atomic E-state index is -5.81. The Labute approximate surface area is 145 Å². The summed E-state index contributed by atoms with van der Waals surface area (Å²) >= 11 is 1.18. The molecule has 0 aliphatic rings. The first-order valence-corrected chi connectivity index (χ1v) is 9.12. The molecule has 0 atom stereocenters. The molecule has 2 aromatic heterocycles.